The lowest BCUT2D eigenvalue weighted by molar-refractivity contribution is 0.0935. The normalized spacial score (nSPS) is 15.4. The SMILES string of the molecule is COCC[C@H]1CNC(=O)c2c1[nH]c(-c1ccnc(C)n1)c2Nc1cccc(Cl)c1OC. The van der Waals surface area contributed by atoms with Crippen LogP contribution >= 0.6 is 11.6 Å². The number of aromatic amines is 1. The molecular weight excluding hydrogens is 418 g/mol. The zero-order valence-corrected chi connectivity index (χ0v) is 18.3. The van der Waals surface area contributed by atoms with Gasteiger partial charge in [0, 0.05) is 38.1 Å². The summed E-state index contributed by atoms with van der Waals surface area (Å²) in [6, 6.07) is 7.23. The molecule has 1 aliphatic rings. The maximum Gasteiger partial charge on any atom is 0.255 e. The van der Waals surface area contributed by atoms with Crippen molar-refractivity contribution < 1.29 is 14.3 Å². The van der Waals surface area contributed by atoms with Crippen LogP contribution in [-0.4, -0.2) is 48.2 Å². The fraction of sp³-hybridized carbons (Fsp3) is 0.318. The predicted octanol–water partition coefficient (Wildman–Crippen LogP) is 4.05. The van der Waals surface area contributed by atoms with Gasteiger partial charge in [-0.05, 0) is 31.5 Å². The van der Waals surface area contributed by atoms with Crippen molar-refractivity contribution in [1.82, 2.24) is 20.3 Å². The van der Waals surface area contributed by atoms with Crippen LogP contribution in [0.4, 0.5) is 11.4 Å². The highest BCUT2D eigenvalue weighted by atomic mass is 35.5. The molecule has 1 amide bonds. The molecule has 3 aromatic rings. The highest BCUT2D eigenvalue weighted by Crippen LogP contribution is 2.42. The summed E-state index contributed by atoms with van der Waals surface area (Å²) >= 11 is 6.31. The molecule has 0 spiro atoms. The van der Waals surface area contributed by atoms with Gasteiger partial charge in [-0.25, -0.2) is 9.97 Å². The number of halogens is 1. The van der Waals surface area contributed by atoms with E-state index in [0.29, 0.717) is 58.1 Å². The number of H-pyrrole nitrogens is 1. The summed E-state index contributed by atoms with van der Waals surface area (Å²) in [6.45, 7) is 2.96. The molecule has 1 atom stereocenters. The van der Waals surface area contributed by atoms with E-state index < -0.39 is 0 Å². The van der Waals surface area contributed by atoms with Crippen molar-refractivity contribution in [3.05, 3.63) is 52.6 Å². The molecule has 0 aliphatic carbocycles. The van der Waals surface area contributed by atoms with Gasteiger partial charge < -0.3 is 25.1 Å². The van der Waals surface area contributed by atoms with E-state index in [2.05, 4.69) is 25.6 Å². The Balaban J connectivity index is 1.89. The first-order valence-corrected chi connectivity index (χ1v) is 10.3. The summed E-state index contributed by atoms with van der Waals surface area (Å²) in [6.07, 6.45) is 2.47. The molecule has 1 aliphatic heterocycles. The number of aryl methyl sites for hydroxylation is 1. The molecule has 0 saturated heterocycles. The highest BCUT2D eigenvalue weighted by Gasteiger charge is 2.33. The van der Waals surface area contributed by atoms with E-state index in [9.17, 15) is 4.79 Å². The first-order valence-electron chi connectivity index (χ1n) is 9.96. The smallest absolute Gasteiger partial charge is 0.255 e. The van der Waals surface area contributed by atoms with E-state index in [-0.39, 0.29) is 11.8 Å². The van der Waals surface area contributed by atoms with E-state index in [1.54, 1.807) is 26.5 Å². The molecular formula is C22H24ClN5O3. The number of nitrogens with one attached hydrogen (secondary N) is 3. The maximum absolute atomic E-state index is 13.0. The fourth-order valence-electron chi connectivity index (χ4n) is 3.84. The molecule has 4 rings (SSSR count). The van der Waals surface area contributed by atoms with Crippen molar-refractivity contribution in [3.8, 4) is 17.1 Å². The summed E-state index contributed by atoms with van der Waals surface area (Å²) in [5.41, 5.74) is 4.07. The minimum atomic E-state index is -0.152. The van der Waals surface area contributed by atoms with Gasteiger partial charge in [-0.15, -0.1) is 0 Å². The second-order valence-electron chi connectivity index (χ2n) is 7.29. The molecule has 9 heteroatoms. The third-order valence-electron chi connectivity index (χ3n) is 5.31. The van der Waals surface area contributed by atoms with Gasteiger partial charge >= 0.3 is 0 Å². The Morgan fingerprint density at radius 1 is 1.29 bits per heavy atom. The number of amides is 1. The quantitative estimate of drug-likeness (QED) is 0.511. The van der Waals surface area contributed by atoms with Crippen molar-refractivity contribution >= 4 is 28.9 Å². The van der Waals surface area contributed by atoms with Crippen LogP contribution in [0.15, 0.2) is 30.5 Å². The third-order valence-corrected chi connectivity index (χ3v) is 5.60. The molecule has 0 unspecified atom stereocenters. The number of carbonyl (C=O) groups is 1. The number of benzene rings is 1. The van der Waals surface area contributed by atoms with Gasteiger partial charge in [-0.3, -0.25) is 4.79 Å². The van der Waals surface area contributed by atoms with Gasteiger partial charge in [0.05, 0.1) is 40.5 Å². The number of nitrogens with zero attached hydrogens (tertiary/aromatic N) is 2. The van der Waals surface area contributed by atoms with Crippen LogP contribution in [0.25, 0.3) is 11.4 Å². The number of para-hydroxylation sites is 1. The topological polar surface area (TPSA) is 101 Å². The molecule has 1 aromatic carbocycles. The molecule has 2 aromatic heterocycles. The Morgan fingerprint density at radius 2 is 2.13 bits per heavy atom. The molecule has 0 radical (unpaired) electrons. The zero-order chi connectivity index (χ0) is 22.0. The van der Waals surface area contributed by atoms with E-state index in [0.717, 1.165) is 12.1 Å². The fourth-order valence-corrected chi connectivity index (χ4v) is 4.09. The van der Waals surface area contributed by atoms with E-state index in [4.69, 9.17) is 21.1 Å². The number of fused-ring (bicyclic) bond motifs is 1. The predicted molar refractivity (Wildman–Crippen MR) is 119 cm³/mol. The molecule has 31 heavy (non-hydrogen) atoms. The van der Waals surface area contributed by atoms with Gasteiger partial charge in [-0.1, -0.05) is 17.7 Å². The number of aromatic nitrogens is 3. The van der Waals surface area contributed by atoms with Gasteiger partial charge in [-0.2, -0.15) is 0 Å². The number of carbonyl (C=O) groups excluding carboxylic acids is 1. The van der Waals surface area contributed by atoms with Gasteiger partial charge in [0.15, 0.2) is 5.75 Å². The Labute approximate surface area is 185 Å². The Hall–Kier alpha value is -3.10. The first kappa shape index (κ1) is 21.1. The second-order valence-corrected chi connectivity index (χ2v) is 7.69. The Bertz CT molecular complexity index is 1110. The molecule has 0 fully saturated rings. The molecule has 0 saturated carbocycles. The van der Waals surface area contributed by atoms with Crippen LogP contribution in [0.3, 0.4) is 0 Å². The number of rotatable bonds is 7. The summed E-state index contributed by atoms with van der Waals surface area (Å²) in [4.78, 5) is 25.2. The number of anilines is 2. The van der Waals surface area contributed by atoms with Crippen LogP contribution < -0.4 is 15.4 Å². The van der Waals surface area contributed by atoms with Crippen LogP contribution in [0.5, 0.6) is 5.75 Å². The van der Waals surface area contributed by atoms with Crippen molar-refractivity contribution in [1.29, 1.82) is 0 Å². The van der Waals surface area contributed by atoms with Gasteiger partial charge in [0.2, 0.25) is 0 Å². The maximum atomic E-state index is 13.0. The van der Waals surface area contributed by atoms with Crippen LogP contribution in [-0.2, 0) is 4.74 Å². The average molecular weight is 442 g/mol. The second kappa shape index (κ2) is 8.95. The largest absolute Gasteiger partial charge is 0.493 e. The molecule has 8 nitrogen and oxygen atoms in total. The van der Waals surface area contributed by atoms with Crippen LogP contribution in [0.2, 0.25) is 5.02 Å². The van der Waals surface area contributed by atoms with E-state index >= 15 is 0 Å². The number of methoxy groups -OCH3 is 2. The molecule has 0 bridgehead atoms. The van der Waals surface area contributed by atoms with Gasteiger partial charge in [0.25, 0.3) is 5.91 Å². The van der Waals surface area contributed by atoms with Crippen LogP contribution in [0.1, 0.15) is 34.2 Å². The van der Waals surface area contributed by atoms with Crippen molar-refractivity contribution in [2.45, 2.75) is 19.3 Å². The summed E-state index contributed by atoms with van der Waals surface area (Å²) in [5, 5.41) is 6.84. The third kappa shape index (κ3) is 4.08. The lowest BCUT2D eigenvalue weighted by atomic mass is 9.94. The molecule has 3 heterocycles. The van der Waals surface area contributed by atoms with Crippen molar-refractivity contribution in [2.24, 2.45) is 0 Å². The van der Waals surface area contributed by atoms with Crippen molar-refractivity contribution in [2.75, 3.05) is 32.7 Å². The number of ether oxygens (including phenoxy) is 2. The summed E-state index contributed by atoms with van der Waals surface area (Å²) in [5.74, 6) is 1.07. The van der Waals surface area contributed by atoms with Crippen LogP contribution in [0, 0.1) is 6.92 Å². The first-order chi connectivity index (χ1) is 15.0. The number of hydrogen-bond acceptors (Lipinski definition) is 6. The average Bonchev–Trinajstić information content (AvgIpc) is 3.14. The monoisotopic (exact) mass is 441 g/mol. The number of hydrogen-bond donors (Lipinski definition) is 3. The van der Waals surface area contributed by atoms with E-state index in [1.807, 2.05) is 25.1 Å². The lowest BCUT2D eigenvalue weighted by Gasteiger charge is -2.23. The van der Waals surface area contributed by atoms with Gasteiger partial charge in [0.1, 0.15) is 5.82 Å². The lowest BCUT2D eigenvalue weighted by Crippen LogP contribution is -2.35. The summed E-state index contributed by atoms with van der Waals surface area (Å²) in [7, 11) is 3.23. The zero-order valence-electron chi connectivity index (χ0n) is 17.6. The molecule has 162 valence electrons. The van der Waals surface area contributed by atoms with E-state index in [1.165, 1.54) is 0 Å². The Morgan fingerprint density at radius 3 is 2.87 bits per heavy atom. The minimum absolute atomic E-state index is 0.0890. The standard InChI is InChI=1S/C22H24ClN5O3/c1-12-24-9-7-15(26-12)19-20(27-16-6-4-5-14(23)21(16)31-3)17-18(28-19)13(8-10-30-2)11-25-22(17)29/h4-7,9,13,27-28H,8,10-11H2,1-3H3,(H,25,29)/t13-/m0/s1. The highest BCUT2D eigenvalue weighted by molar-refractivity contribution is 6.32. The Kier molecular flexibility index (Phi) is 6.11. The molecule has 3 N–H and O–H groups in total. The summed E-state index contributed by atoms with van der Waals surface area (Å²) < 4.78 is 10.8. The minimum Gasteiger partial charge on any atom is -0.493 e. The van der Waals surface area contributed by atoms with Crippen molar-refractivity contribution in [3.63, 3.8) is 0 Å².